The van der Waals surface area contributed by atoms with Gasteiger partial charge in [0.05, 0.1) is 22.1 Å². The lowest BCUT2D eigenvalue weighted by molar-refractivity contribution is 0.391. The summed E-state index contributed by atoms with van der Waals surface area (Å²) in [5.74, 6) is -0.414. The molecule has 1 unspecified atom stereocenters. The summed E-state index contributed by atoms with van der Waals surface area (Å²) in [6.07, 6.45) is 0.389. The predicted octanol–water partition coefficient (Wildman–Crippen LogP) is 2.18. The van der Waals surface area contributed by atoms with E-state index in [2.05, 4.69) is 11.4 Å². The fourth-order valence-electron chi connectivity index (χ4n) is 2.24. The molecule has 0 fully saturated rings. The molecule has 2 rings (SSSR count). The van der Waals surface area contributed by atoms with Gasteiger partial charge >= 0.3 is 0 Å². The quantitative estimate of drug-likeness (QED) is 0.868. The van der Waals surface area contributed by atoms with Gasteiger partial charge < -0.3 is 5.32 Å². The number of fused-ring (bicyclic) bond motifs is 1. The third kappa shape index (κ3) is 3.00. The maximum Gasteiger partial charge on any atom is 0.178 e. The second kappa shape index (κ2) is 5.15. The monoisotopic (exact) mass is 296 g/mol. The van der Waals surface area contributed by atoms with E-state index in [1.807, 2.05) is 0 Å². The predicted molar refractivity (Wildman–Crippen MR) is 73.2 cm³/mol. The van der Waals surface area contributed by atoms with Crippen LogP contribution in [0.3, 0.4) is 0 Å². The van der Waals surface area contributed by atoms with Crippen LogP contribution in [0.4, 0.5) is 4.39 Å². The van der Waals surface area contributed by atoms with E-state index in [4.69, 9.17) is 5.26 Å². The largest absolute Gasteiger partial charge is 0.308 e. The first-order valence-electron chi connectivity index (χ1n) is 6.42. The standard InChI is InChI=1S/C14H17FN2O2S/c1-14(2,8-16)9-17-12-5-6-20(18,19)13-4-3-10(15)7-11(12)13/h3-4,7,12,17H,5-6,9H2,1-2H3. The molecule has 1 aliphatic rings. The minimum Gasteiger partial charge on any atom is -0.308 e. The SMILES string of the molecule is CC(C)(C#N)CNC1CCS(=O)(=O)c2ccc(F)cc21. The molecule has 0 saturated heterocycles. The van der Waals surface area contributed by atoms with Gasteiger partial charge in [-0.3, -0.25) is 0 Å². The van der Waals surface area contributed by atoms with Gasteiger partial charge in [-0.15, -0.1) is 0 Å². The zero-order valence-corrected chi connectivity index (χ0v) is 12.3. The Balaban J connectivity index is 2.31. The maximum absolute atomic E-state index is 13.4. The van der Waals surface area contributed by atoms with Crippen molar-refractivity contribution in [2.75, 3.05) is 12.3 Å². The summed E-state index contributed by atoms with van der Waals surface area (Å²) in [7, 11) is -3.32. The number of hydrogen-bond acceptors (Lipinski definition) is 4. The third-order valence-electron chi connectivity index (χ3n) is 3.45. The number of halogens is 1. The Kier molecular flexibility index (Phi) is 3.85. The van der Waals surface area contributed by atoms with Crippen molar-refractivity contribution in [2.24, 2.45) is 5.41 Å². The zero-order valence-electron chi connectivity index (χ0n) is 11.5. The molecule has 0 saturated carbocycles. The molecule has 108 valence electrons. The van der Waals surface area contributed by atoms with E-state index in [1.54, 1.807) is 13.8 Å². The van der Waals surface area contributed by atoms with E-state index in [0.717, 1.165) is 6.07 Å². The van der Waals surface area contributed by atoms with Crippen LogP contribution in [0.2, 0.25) is 0 Å². The van der Waals surface area contributed by atoms with Crippen LogP contribution < -0.4 is 5.32 Å². The first-order chi connectivity index (χ1) is 9.25. The summed E-state index contributed by atoms with van der Waals surface area (Å²) < 4.78 is 37.4. The Hall–Kier alpha value is -1.45. The third-order valence-corrected chi connectivity index (χ3v) is 5.27. The van der Waals surface area contributed by atoms with E-state index in [-0.39, 0.29) is 16.7 Å². The van der Waals surface area contributed by atoms with E-state index < -0.39 is 21.1 Å². The summed E-state index contributed by atoms with van der Waals surface area (Å²) in [4.78, 5) is 0.192. The van der Waals surface area contributed by atoms with Crippen LogP contribution in [0.1, 0.15) is 31.9 Å². The van der Waals surface area contributed by atoms with E-state index in [1.165, 1.54) is 12.1 Å². The molecule has 1 aromatic carbocycles. The first-order valence-corrected chi connectivity index (χ1v) is 8.07. The van der Waals surface area contributed by atoms with Gasteiger partial charge in [0.25, 0.3) is 0 Å². The number of nitrogens with one attached hydrogen (secondary N) is 1. The Bertz CT molecular complexity index is 662. The Morgan fingerprint density at radius 1 is 1.50 bits per heavy atom. The molecule has 0 radical (unpaired) electrons. The average Bonchev–Trinajstić information content (AvgIpc) is 2.37. The second-order valence-corrected chi connectivity index (χ2v) is 7.80. The van der Waals surface area contributed by atoms with Crippen molar-refractivity contribution in [3.8, 4) is 6.07 Å². The van der Waals surface area contributed by atoms with Crippen LogP contribution in [-0.2, 0) is 9.84 Å². The van der Waals surface area contributed by atoms with Crippen molar-refractivity contribution >= 4 is 9.84 Å². The number of hydrogen-bond donors (Lipinski definition) is 1. The summed E-state index contributed by atoms with van der Waals surface area (Å²) >= 11 is 0. The lowest BCUT2D eigenvalue weighted by atomic mass is 9.94. The molecule has 1 heterocycles. The molecule has 1 aliphatic heterocycles. The molecule has 0 spiro atoms. The highest BCUT2D eigenvalue weighted by Gasteiger charge is 2.31. The van der Waals surface area contributed by atoms with Gasteiger partial charge in [-0.05, 0) is 44.0 Å². The van der Waals surface area contributed by atoms with Crippen LogP contribution in [0.5, 0.6) is 0 Å². The van der Waals surface area contributed by atoms with Gasteiger partial charge in [0, 0.05) is 12.6 Å². The minimum atomic E-state index is -3.32. The number of nitriles is 1. The Labute approximate surface area is 118 Å². The van der Waals surface area contributed by atoms with Crippen LogP contribution in [0.15, 0.2) is 23.1 Å². The summed E-state index contributed by atoms with van der Waals surface area (Å²) in [6.45, 7) is 4.02. The van der Waals surface area contributed by atoms with Crippen LogP contribution in [0.25, 0.3) is 0 Å². The normalized spacial score (nSPS) is 21.0. The molecule has 0 aromatic heterocycles. The van der Waals surface area contributed by atoms with Gasteiger partial charge in [-0.2, -0.15) is 5.26 Å². The lowest BCUT2D eigenvalue weighted by Gasteiger charge is -2.28. The molecule has 0 amide bonds. The van der Waals surface area contributed by atoms with Crippen molar-refractivity contribution in [3.63, 3.8) is 0 Å². The van der Waals surface area contributed by atoms with Crippen molar-refractivity contribution in [3.05, 3.63) is 29.6 Å². The highest BCUT2D eigenvalue weighted by Crippen LogP contribution is 2.33. The molecular formula is C14H17FN2O2S. The number of benzene rings is 1. The van der Waals surface area contributed by atoms with Crippen molar-refractivity contribution < 1.29 is 12.8 Å². The fraction of sp³-hybridized carbons (Fsp3) is 0.500. The van der Waals surface area contributed by atoms with Gasteiger partial charge in [0.1, 0.15) is 5.82 Å². The van der Waals surface area contributed by atoms with E-state index in [0.29, 0.717) is 18.5 Å². The number of nitrogens with zero attached hydrogens (tertiary/aromatic N) is 1. The highest BCUT2D eigenvalue weighted by atomic mass is 32.2. The molecule has 20 heavy (non-hydrogen) atoms. The van der Waals surface area contributed by atoms with Crippen molar-refractivity contribution in [1.29, 1.82) is 5.26 Å². The van der Waals surface area contributed by atoms with Crippen LogP contribution in [0, 0.1) is 22.6 Å². The highest BCUT2D eigenvalue weighted by molar-refractivity contribution is 7.91. The second-order valence-electron chi connectivity index (χ2n) is 5.72. The zero-order chi connectivity index (χ0) is 15.0. The molecular weight excluding hydrogens is 279 g/mol. The van der Waals surface area contributed by atoms with Crippen molar-refractivity contribution in [2.45, 2.75) is 31.2 Å². The Morgan fingerprint density at radius 2 is 2.20 bits per heavy atom. The topological polar surface area (TPSA) is 70.0 Å². The van der Waals surface area contributed by atoms with Gasteiger partial charge in [-0.1, -0.05) is 0 Å². The summed E-state index contributed by atoms with van der Waals surface area (Å²) in [6, 6.07) is 5.69. The van der Waals surface area contributed by atoms with E-state index >= 15 is 0 Å². The van der Waals surface area contributed by atoms with Crippen LogP contribution in [-0.4, -0.2) is 20.7 Å². The molecule has 0 bridgehead atoms. The average molecular weight is 296 g/mol. The van der Waals surface area contributed by atoms with Crippen LogP contribution >= 0.6 is 0 Å². The lowest BCUT2D eigenvalue weighted by Crippen LogP contribution is -2.35. The molecule has 0 aliphatic carbocycles. The van der Waals surface area contributed by atoms with Gasteiger partial charge in [0.15, 0.2) is 9.84 Å². The molecule has 4 nitrogen and oxygen atoms in total. The van der Waals surface area contributed by atoms with Crippen molar-refractivity contribution in [1.82, 2.24) is 5.32 Å². The van der Waals surface area contributed by atoms with Gasteiger partial charge in [0.2, 0.25) is 0 Å². The summed E-state index contributed by atoms with van der Waals surface area (Å²) in [5.41, 5.74) is -0.0888. The number of rotatable bonds is 3. The molecule has 1 atom stereocenters. The molecule has 1 aromatic rings. The fourth-order valence-corrected chi connectivity index (χ4v) is 3.84. The van der Waals surface area contributed by atoms with Gasteiger partial charge in [-0.25, -0.2) is 12.8 Å². The molecule has 6 heteroatoms. The maximum atomic E-state index is 13.4. The Morgan fingerprint density at radius 3 is 2.85 bits per heavy atom. The number of sulfone groups is 1. The smallest absolute Gasteiger partial charge is 0.178 e. The molecule has 1 N–H and O–H groups in total. The first kappa shape index (κ1) is 14.9. The van der Waals surface area contributed by atoms with E-state index in [9.17, 15) is 12.8 Å². The minimum absolute atomic E-state index is 0.0380. The summed E-state index contributed by atoms with van der Waals surface area (Å²) in [5, 5.41) is 12.2.